The van der Waals surface area contributed by atoms with Crippen LogP contribution >= 0.6 is 11.6 Å². The minimum absolute atomic E-state index is 0.383. The maximum atomic E-state index is 10.4. The van der Waals surface area contributed by atoms with Gasteiger partial charge in [0.15, 0.2) is 0 Å². The zero-order valence-corrected chi connectivity index (χ0v) is 18.2. The predicted octanol–water partition coefficient (Wildman–Crippen LogP) is 2.02. The quantitative estimate of drug-likeness (QED) is 0.497. The minimum atomic E-state index is -1.45. The highest BCUT2D eigenvalue weighted by Gasteiger charge is 2.44. The Bertz CT molecular complexity index is 907. The third-order valence-corrected chi connectivity index (χ3v) is 6.78. The molecule has 7 heteroatoms. The first-order valence-electron chi connectivity index (χ1n) is 10.6. The van der Waals surface area contributed by atoms with Crippen molar-refractivity contribution in [2.24, 2.45) is 5.92 Å². The average Bonchev–Trinajstić information content (AvgIpc) is 3.53. The molecule has 0 aromatic heterocycles. The molecule has 3 aliphatic rings. The molecule has 1 aromatic carbocycles. The lowest BCUT2D eigenvalue weighted by atomic mass is 9.90. The van der Waals surface area contributed by atoms with E-state index in [1.165, 1.54) is 5.56 Å². The lowest BCUT2D eigenvalue weighted by Crippen LogP contribution is -2.58. The fraction of sp³-hybridized carbons (Fsp3) is 0.500. The molecule has 4 rings (SSSR count). The van der Waals surface area contributed by atoms with Crippen LogP contribution in [0.1, 0.15) is 24.5 Å². The van der Waals surface area contributed by atoms with E-state index in [9.17, 15) is 20.4 Å². The fourth-order valence-electron chi connectivity index (χ4n) is 4.37. The van der Waals surface area contributed by atoms with Gasteiger partial charge in [0.25, 0.3) is 0 Å². The van der Waals surface area contributed by atoms with Gasteiger partial charge in [-0.05, 0) is 54.5 Å². The molecule has 1 saturated carbocycles. The number of benzene rings is 1. The summed E-state index contributed by atoms with van der Waals surface area (Å²) in [6.45, 7) is 5.35. The van der Waals surface area contributed by atoms with Gasteiger partial charge in [0, 0.05) is 11.0 Å². The van der Waals surface area contributed by atoms with E-state index in [1.807, 2.05) is 19.1 Å². The molecule has 2 unspecified atom stereocenters. The Labute approximate surface area is 187 Å². The summed E-state index contributed by atoms with van der Waals surface area (Å²) in [6.07, 6.45) is 0.404. The van der Waals surface area contributed by atoms with E-state index in [2.05, 4.69) is 12.6 Å². The van der Waals surface area contributed by atoms with Gasteiger partial charge in [-0.15, -0.1) is 0 Å². The predicted molar refractivity (Wildman–Crippen MR) is 117 cm³/mol. The van der Waals surface area contributed by atoms with E-state index in [0.717, 1.165) is 29.7 Å². The van der Waals surface area contributed by atoms with Gasteiger partial charge in [-0.1, -0.05) is 42.5 Å². The molecule has 1 aliphatic carbocycles. The molecule has 7 atom stereocenters. The van der Waals surface area contributed by atoms with E-state index < -0.39 is 37.1 Å². The number of rotatable bonds is 6. The maximum Gasteiger partial charge on any atom is 0.122 e. The molecule has 1 saturated heterocycles. The average molecular weight is 449 g/mol. The van der Waals surface area contributed by atoms with Crippen LogP contribution in [0.2, 0.25) is 0 Å². The molecule has 2 aliphatic heterocycles. The smallest absolute Gasteiger partial charge is 0.122 e. The number of aliphatic hydroxyl groups excluding tert-OH is 4. The van der Waals surface area contributed by atoms with Crippen molar-refractivity contribution in [3.63, 3.8) is 0 Å². The van der Waals surface area contributed by atoms with Crippen molar-refractivity contribution in [3.8, 4) is 5.75 Å². The summed E-state index contributed by atoms with van der Waals surface area (Å²) in [7, 11) is 0. The SMILES string of the molecule is C=C(/C=C(Cc1ccc2c(c1)CC1CC1O2)\C(Cl)=C/C)[C@@H]1O[C@H](CO)[C@@H](O)[C@H](O)[C@H]1O. The summed E-state index contributed by atoms with van der Waals surface area (Å²) in [4.78, 5) is 0. The van der Waals surface area contributed by atoms with Crippen molar-refractivity contribution in [2.45, 2.75) is 62.8 Å². The van der Waals surface area contributed by atoms with E-state index in [0.29, 0.717) is 29.0 Å². The molecular formula is C24H29ClO6. The van der Waals surface area contributed by atoms with Gasteiger partial charge in [-0.2, -0.15) is 0 Å². The van der Waals surface area contributed by atoms with E-state index in [1.54, 1.807) is 12.2 Å². The Morgan fingerprint density at radius 2 is 2.00 bits per heavy atom. The summed E-state index contributed by atoms with van der Waals surface area (Å²) in [5.74, 6) is 1.58. The topological polar surface area (TPSA) is 99.4 Å². The van der Waals surface area contributed by atoms with Gasteiger partial charge < -0.3 is 29.9 Å². The number of ether oxygens (including phenoxy) is 2. The third kappa shape index (κ3) is 4.60. The van der Waals surface area contributed by atoms with E-state index in [-0.39, 0.29) is 0 Å². The van der Waals surface area contributed by atoms with Crippen molar-refractivity contribution in [3.05, 3.63) is 64.2 Å². The Hall–Kier alpha value is -1.67. The number of hydrogen-bond donors (Lipinski definition) is 4. The summed E-state index contributed by atoms with van der Waals surface area (Å²) < 4.78 is 11.6. The highest BCUT2D eigenvalue weighted by molar-refractivity contribution is 6.32. The molecule has 0 amide bonds. The number of fused-ring (bicyclic) bond motifs is 2. The van der Waals surface area contributed by atoms with Crippen molar-refractivity contribution >= 4 is 11.6 Å². The number of halogens is 1. The summed E-state index contributed by atoms with van der Waals surface area (Å²) in [6, 6.07) is 6.17. The molecule has 2 fully saturated rings. The lowest BCUT2D eigenvalue weighted by Gasteiger charge is -2.40. The Morgan fingerprint density at radius 1 is 1.23 bits per heavy atom. The lowest BCUT2D eigenvalue weighted by molar-refractivity contribution is -0.218. The van der Waals surface area contributed by atoms with Crippen molar-refractivity contribution in [2.75, 3.05) is 6.61 Å². The van der Waals surface area contributed by atoms with E-state index in [4.69, 9.17) is 21.1 Å². The standard InChI is InChI=1S/C24H29ClO6/c1-3-17(25)14(6-12(2)24-23(29)22(28)21(27)20(11-26)31-24)7-13-4-5-18-15(8-13)9-16-10-19(16)30-18/h3-6,8,16,19-24,26-29H,2,7,9-11H2,1H3/b14-6-,17-3+/t16?,19?,20-,21-,22+,23-,24+/m1/s1. The molecule has 0 radical (unpaired) electrons. The summed E-state index contributed by atoms with van der Waals surface area (Å²) in [5, 5.41) is 40.4. The Morgan fingerprint density at radius 3 is 2.71 bits per heavy atom. The zero-order chi connectivity index (χ0) is 22.3. The normalized spacial score (nSPS) is 35.1. The van der Waals surface area contributed by atoms with Crippen LogP contribution in [0.4, 0.5) is 0 Å². The maximum absolute atomic E-state index is 10.4. The number of allylic oxidation sites excluding steroid dienone is 3. The molecule has 1 aromatic rings. The first kappa shape index (κ1) is 22.5. The van der Waals surface area contributed by atoms with Gasteiger partial charge in [0.2, 0.25) is 0 Å². The van der Waals surface area contributed by atoms with Crippen LogP contribution in [0.5, 0.6) is 5.75 Å². The number of aliphatic hydroxyl groups is 4. The second-order valence-corrected chi connectivity index (χ2v) is 9.01. The monoisotopic (exact) mass is 448 g/mol. The first-order valence-corrected chi connectivity index (χ1v) is 11.0. The minimum Gasteiger partial charge on any atom is -0.490 e. The molecule has 0 spiro atoms. The van der Waals surface area contributed by atoms with Crippen molar-refractivity contribution in [1.29, 1.82) is 0 Å². The fourth-order valence-corrected chi connectivity index (χ4v) is 4.49. The van der Waals surface area contributed by atoms with Crippen molar-refractivity contribution < 1.29 is 29.9 Å². The highest BCUT2D eigenvalue weighted by Crippen LogP contribution is 2.44. The molecule has 168 valence electrons. The molecule has 4 N–H and O–H groups in total. The molecular weight excluding hydrogens is 420 g/mol. The van der Waals surface area contributed by atoms with Crippen LogP contribution in [-0.4, -0.2) is 63.7 Å². The van der Waals surface area contributed by atoms with Crippen LogP contribution in [0.25, 0.3) is 0 Å². The highest BCUT2D eigenvalue weighted by atomic mass is 35.5. The van der Waals surface area contributed by atoms with Crippen LogP contribution in [0, 0.1) is 5.92 Å². The van der Waals surface area contributed by atoms with Gasteiger partial charge in [-0.25, -0.2) is 0 Å². The first-order chi connectivity index (χ1) is 14.8. The Kier molecular flexibility index (Phi) is 6.58. The second kappa shape index (κ2) is 9.06. The largest absolute Gasteiger partial charge is 0.490 e. The van der Waals surface area contributed by atoms with Crippen LogP contribution < -0.4 is 4.74 Å². The second-order valence-electron chi connectivity index (χ2n) is 8.61. The summed E-state index contributed by atoms with van der Waals surface area (Å²) in [5.41, 5.74) is 3.47. The van der Waals surface area contributed by atoms with Gasteiger partial charge in [0.1, 0.15) is 42.4 Å². The van der Waals surface area contributed by atoms with Gasteiger partial charge in [0.05, 0.1) is 6.61 Å². The summed E-state index contributed by atoms with van der Waals surface area (Å²) >= 11 is 6.48. The molecule has 6 nitrogen and oxygen atoms in total. The van der Waals surface area contributed by atoms with Crippen LogP contribution in [-0.2, 0) is 17.6 Å². The zero-order valence-electron chi connectivity index (χ0n) is 17.4. The molecule has 0 bridgehead atoms. The number of hydrogen-bond acceptors (Lipinski definition) is 6. The third-order valence-electron chi connectivity index (χ3n) is 6.32. The Balaban J connectivity index is 1.55. The molecule has 31 heavy (non-hydrogen) atoms. The molecule has 2 heterocycles. The van der Waals surface area contributed by atoms with Crippen LogP contribution in [0.3, 0.4) is 0 Å². The van der Waals surface area contributed by atoms with Gasteiger partial charge in [-0.3, -0.25) is 0 Å². The van der Waals surface area contributed by atoms with Gasteiger partial charge >= 0.3 is 0 Å². The van der Waals surface area contributed by atoms with E-state index >= 15 is 0 Å². The van der Waals surface area contributed by atoms with Crippen LogP contribution in [0.15, 0.2) is 53.1 Å². The van der Waals surface area contributed by atoms with Crippen molar-refractivity contribution in [1.82, 2.24) is 0 Å².